The minimum Gasteiger partial charge on any atom is -0.450 e. The molecule has 14 nitrogen and oxygen atoms in total. The van der Waals surface area contributed by atoms with E-state index < -0.39 is 47.9 Å². The average Bonchev–Trinajstić information content (AvgIpc) is 3.11. The number of carbonyl (C=O) groups is 6. The maximum Gasteiger partial charge on any atom is 0.407 e. The summed E-state index contributed by atoms with van der Waals surface area (Å²) in [6, 6.07) is -2.10. The van der Waals surface area contributed by atoms with Gasteiger partial charge in [0.1, 0.15) is 12.1 Å². The molecule has 0 aromatic carbocycles. The zero-order chi connectivity index (χ0) is 26.9. The lowest BCUT2D eigenvalue weighted by Gasteiger charge is -2.18. The molecule has 1 heterocycles. The van der Waals surface area contributed by atoms with Crippen LogP contribution in [0.25, 0.3) is 0 Å². The Labute approximate surface area is 208 Å². The zero-order valence-corrected chi connectivity index (χ0v) is 20.5. The molecule has 204 valence electrons. The van der Waals surface area contributed by atoms with E-state index in [1.54, 1.807) is 13.8 Å². The Morgan fingerprint density at radius 3 is 2.28 bits per heavy atom. The zero-order valence-electron chi connectivity index (χ0n) is 20.5. The number of likely N-dealkylation sites (tertiary alicyclic amines) is 1. The van der Waals surface area contributed by atoms with Crippen LogP contribution >= 0.6 is 0 Å². The van der Waals surface area contributed by atoms with Crippen LogP contribution in [0.3, 0.4) is 0 Å². The van der Waals surface area contributed by atoms with Crippen molar-refractivity contribution in [1.29, 1.82) is 0 Å². The third kappa shape index (κ3) is 11.3. The fourth-order valence-electron chi connectivity index (χ4n) is 3.25. The Balaban J connectivity index is 2.36. The van der Waals surface area contributed by atoms with E-state index in [2.05, 4.69) is 21.3 Å². The van der Waals surface area contributed by atoms with Gasteiger partial charge < -0.3 is 30.7 Å². The van der Waals surface area contributed by atoms with Crippen molar-refractivity contribution in [2.24, 2.45) is 0 Å². The van der Waals surface area contributed by atoms with Gasteiger partial charge in [-0.3, -0.25) is 24.1 Å². The lowest BCUT2D eigenvalue weighted by molar-refractivity contribution is -0.139. The number of nitrogens with zero attached hydrogens (tertiary/aromatic N) is 1. The van der Waals surface area contributed by atoms with Crippen molar-refractivity contribution < 1.29 is 42.7 Å². The highest BCUT2D eigenvalue weighted by atomic mass is 19.2. The van der Waals surface area contributed by atoms with E-state index >= 15 is 0 Å². The van der Waals surface area contributed by atoms with Crippen molar-refractivity contribution in [2.75, 3.05) is 39.4 Å². The van der Waals surface area contributed by atoms with Crippen molar-refractivity contribution in [3.8, 4) is 0 Å². The summed E-state index contributed by atoms with van der Waals surface area (Å²) in [4.78, 5) is 71.9. The first-order chi connectivity index (χ1) is 17.2. The fourth-order valence-corrected chi connectivity index (χ4v) is 3.25. The summed E-state index contributed by atoms with van der Waals surface area (Å²) in [5.41, 5.74) is 1.26. The molecule has 36 heavy (non-hydrogen) atoms. The summed E-state index contributed by atoms with van der Waals surface area (Å²) in [5, 5.41) is 10.2. The molecule has 6 amide bonds. The second-order valence-electron chi connectivity index (χ2n) is 7.70. The molecule has 0 aromatic heterocycles. The lowest BCUT2D eigenvalue weighted by atomic mass is 10.1. The predicted octanol–water partition coefficient (Wildman–Crippen LogP) is -0.758. The van der Waals surface area contributed by atoms with E-state index in [-0.39, 0.29) is 52.1 Å². The Morgan fingerprint density at radius 1 is 0.972 bits per heavy atom. The van der Waals surface area contributed by atoms with Crippen LogP contribution in [0.15, 0.2) is 0 Å². The SMILES string of the molecule is CCOC(=O)NCCCCC(NC(=O)OCC)C(=O)NCCNC(=O)CCN1C(=O)CC(NF)C1=O. The number of amides is 6. The first-order valence-corrected chi connectivity index (χ1v) is 11.8. The van der Waals surface area contributed by atoms with E-state index in [9.17, 15) is 33.2 Å². The highest BCUT2D eigenvalue weighted by Crippen LogP contribution is 2.13. The minimum atomic E-state index is -1.22. The molecule has 0 spiro atoms. The van der Waals surface area contributed by atoms with Gasteiger partial charge in [0.25, 0.3) is 0 Å². The second kappa shape index (κ2) is 17.0. The molecule has 1 aliphatic rings. The Morgan fingerprint density at radius 2 is 1.64 bits per heavy atom. The number of hydrogen-bond acceptors (Lipinski definition) is 9. The van der Waals surface area contributed by atoms with Gasteiger partial charge in [-0.15, -0.1) is 10.0 Å². The number of alkyl carbamates (subject to hydrolysis) is 2. The Bertz CT molecular complexity index is 784. The molecule has 1 fully saturated rings. The molecule has 0 saturated carbocycles. The Kier molecular flexibility index (Phi) is 14.4. The summed E-state index contributed by atoms with van der Waals surface area (Å²) in [6.45, 7) is 4.01. The number of carbonyl (C=O) groups excluding carboxylic acids is 6. The maximum absolute atomic E-state index is 12.5. The van der Waals surface area contributed by atoms with Crippen LogP contribution in [0.1, 0.15) is 46.0 Å². The average molecular weight is 519 g/mol. The van der Waals surface area contributed by atoms with Crippen LogP contribution < -0.4 is 26.8 Å². The van der Waals surface area contributed by atoms with E-state index in [1.165, 1.54) is 5.54 Å². The molecule has 2 unspecified atom stereocenters. The molecule has 1 saturated heterocycles. The van der Waals surface area contributed by atoms with Crippen LogP contribution in [-0.4, -0.2) is 92.2 Å². The quantitative estimate of drug-likeness (QED) is 0.0995. The third-order valence-corrected chi connectivity index (χ3v) is 5.03. The van der Waals surface area contributed by atoms with Gasteiger partial charge in [0, 0.05) is 32.6 Å². The van der Waals surface area contributed by atoms with Crippen molar-refractivity contribution >= 4 is 35.8 Å². The molecule has 0 bridgehead atoms. The largest absolute Gasteiger partial charge is 0.450 e. The smallest absolute Gasteiger partial charge is 0.407 e. The van der Waals surface area contributed by atoms with Crippen LogP contribution in [-0.2, 0) is 28.7 Å². The molecular formula is C21H35FN6O8. The van der Waals surface area contributed by atoms with Crippen LogP contribution in [0.4, 0.5) is 14.1 Å². The second-order valence-corrected chi connectivity index (χ2v) is 7.70. The van der Waals surface area contributed by atoms with E-state index in [1.807, 2.05) is 0 Å². The van der Waals surface area contributed by atoms with Gasteiger partial charge in [-0.1, -0.05) is 0 Å². The molecule has 5 N–H and O–H groups in total. The van der Waals surface area contributed by atoms with Gasteiger partial charge in [0.15, 0.2) is 0 Å². The molecule has 15 heteroatoms. The van der Waals surface area contributed by atoms with Gasteiger partial charge in [-0.05, 0) is 33.1 Å². The van der Waals surface area contributed by atoms with Crippen molar-refractivity contribution in [3.05, 3.63) is 0 Å². The summed E-state index contributed by atoms with van der Waals surface area (Å²) < 4.78 is 22.1. The Hall–Kier alpha value is -3.49. The number of ether oxygens (including phenoxy) is 2. The normalized spacial score (nSPS) is 15.8. The highest BCUT2D eigenvalue weighted by molar-refractivity contribution is 6.05. The topological polar surface area (TPSA) is 184 Å². The van der Waals surface area contributed by atoms with Gasteiger partial charge >= 0.3 is 12.2 Å². The molecule has 0 aromatic rings. The third-order valence-electron chi connectivity index (χ3n) is 5.03. The summed E-state index contributed by atoms with van der Waals surface area (Å²) in [5.74, 6) is -2.23. The van der Waals surface area contributed by atoms with Gasteiger partial charge in [-0.2, -0.15) is 0 Å². The highest BCUT2D eigenvalue weighted by Gasteiger charge is 2.38. The van der Waals surface area contributed by atoms with E-state index in [4.69, 9.17) is 9.47 Å². The predicted molar refractivity (Wildman–Crippen MR) is 123 cm³/mol. The number of rotatable bonds is 16. The number of imide groups is 1. The number of hydrogen-bond donors (Lipinski definition) is 5. The van der Waals surface area contributed by atoms with Crippen molar-refractivity contribution in [2.45, 2.75) is 58.0 Å². The molecular weight excluding hydrogens is 483 g/mol. The maximum atomic E-state index is 12.5. The molecule has 2 atom stereocenters. The van der Waals surface area contributed by atoms with Crippen LogP contribution in [0.5, 0.6) is 0 Å². The van der Waals surface area contributed by atoms with Crippen molar-refractivity contribution in [1.82, 2.24) is 31.7 Å². The lowest BCUT2D eigenvalue weighted by Crippen LogP contribution is -2.48. The van der Waals surface area contributed by atoms with Gasteiger partial charge in [0.05, 0.1) is 19.6 Å². The molecule has 1 rings (SSSR count). The first kappa shape index (κ1) is 30.5. The number of nitrogens with one attached hydrogen (secondary N) is 5. The summed E-state index contributed by atoms with van der Waals surface area (Å²) >= 11 is 0. The number of halogens is 1. The number of unbranched alkanes of at least 4 members (excludes halogenated alkanes) is 1. The minimum absolute atomic E-state index is 0.0609. The fraction of sp³-hybridized carbons (Fsp3) is 0.714. The molecule has 0 aliphatic carbocycles. The standard InChI is InChI=1S/C21H35FN6O8/c1-3-35-20(33)25-9-6-5-7-14(26-21(34)36-4-2)18(31)24-11-10-23-16(29)8-12-28-17(30)13-15(27-22)19(28)32/h14-15,27H,3-13H2,1-2H3,(H,23,29)(H,24,31)(H,25,33)(H,26,34). The first-order valence-electron chi connectivity index (χ1n) is 11.8. The van der Waals surface area contributed by atoms with Crippen LogP contribution in [0, 0.1) is 0 Å². The molecule has 1 aliphatic heterocycles. The van der Waals surface area contributed by atoms with Crippen molar-refractivity contribution in [3.63, 3.8) is 0 Å². The monoisotopic (exact) mass is 518 g/mol. The van der Waals surface area contributed by atoms with E-state index in [0.29, 0.717) is 19.4 Å². The van der Waals surface area contributed by atoms with Gasteiger partial charge in [-0.25, -0.2) is 9.59 Å². The summed E-state index contributed by atoms with van der Waals surface area (Å²) in [6.07, 6.45) is -0.393. The van der Waals surface area contributed by atoms with Gasteiger partial charge in [0.2, 0.25) is 23.6 Å². The van der Waals surface area contributed by atoms with Crippen LogP contribution in [0.2, 0.25) is 0 Å². The summed E-state index contributed by atoms with van der Waals surface area (Å²) in [7, 11) is 0. The molecule has 0 radical (unpaired) electrons. The van der Waals surface area contributed by atoms with E-state index in [0.717, 1.165) is 4.90 Å².